The topological polar surface area (TPSA) is 53.1 Å². The van der Waals surface area contributed by atoms with Gasteiger partial charge in [0, 0.05) is 24.6 Å². The zero-order chi connectivity index (χ0) is 14.1. The zero-order valence-electron chi connectivity index (χ0n) is 12.0. The number of aryl methyl sites for hydroxylation is 2. The summed E-state index contributed by atoms with van der Waals surface area (Å²) in [4.78, 5) is 4.25. The molecule has 0 fully saturated rings. The monoisotopic (exact) mass is 271 g/mol. The second-order valence-electron chi connectivity index (χ2n) is 5.50. The van der Waals surface area contributed by atoms with E-state index < -0.39 is 0 Å². The van der Waals surface area contributed by atoms with Gasteiger partial charge < -0.3 is 15.0 Å². The maximum Gasteiger partial charge on any atom is 0.142 e. The molecule has 1 aliphatic rings. The van der Waals surface area contributed by atoms with Crippen molar-refractivity contribution < 1.29 is 4.74 Å². The van der Waals surface area contributed by atoms with Crippen LogP contribution < -0.4 is 10.5 Å². The molecule has 1 aromatic carbocycles. The fourth-order valence-electron chi connectivity index (χ4n) is 2.83. The molecule has 2 N–H and O–H groups in total. The van der Waals surface area contributed by atoms with Crippen molar-refractivity contribution in [2.75, 3.05) is 0 Å². The van der Waals surface area contributed by atoms with E-state index >= 15 is 0 Å². The molecule has 0 bridgehead atoms. The van der Waals surface area contributed by atoms with Crippen molar-refractivity contribution in [3.8, 4) is 5.75 Å². The van der Waals surface area contributed by atoms with Gasteiger partial charge in [-0.15, -0.1) is 0 Å². The lowest BCUT2D eigenvalue weighted by atomic mass is 9.94. The Labute approximate surface area is 119 Å². The van der Waals surface area contributed by atoms with Crippen molar-refractivity contribution in [3.05, 3.63) is 47.5 Å². The summed E-state index contributed by atoms with van der Waals surface area (Å²) in [6.45, 7) is 5.20. The lowest BCUT2D eigenvalue weighted by Gasteiger charge is -2.31. The number of nitrogens with zero attached hydrogens (tertiary/aromatic N) is 2. The summed E-state index contributed by atoms with van der Waals surface area (Å²) in [6, 6.07) is 6.24. The minimum absolute atomic E-state index is 0.00532. The summed E-state index contributed by atoms with van der Waals surface area (Å²) in [5.74, 6) is 0.906. The van der Waals surface area contributed by atoms with Crippen LogP contribution in [0.3, 0.4) is 0 Å². The number of nitrogens with two attached hydrogens (primary N) is 1. The molecule has 0 spiro atoms. The Kier molecular flexibility index (Phi) is 3.49. The van der Waals surface area contributed by atoms with E-state index in [0.29, 0.717) is 0 Å². The first-order chi connectivity index (χ1) is 9.69. The number of ether oxygens (including phenoxy) is 1. The van der Waals surface area contributed by atoms with Gasteiger partial charge in [0.05, 0.1) is 18.2 Å². The molecule has 4 nitrogen and oxygen atoms in total. The molecule has 1 aromatic heterocycles. The highest BCUT2D eigenvalue weighted by molar-refractivity contribution is 5.41. The van der Waals surface area contributed by atoms with Crippen molar-refractivity contribution in [2.45, 2.75) is 45.4 Å². The molecule has 0 radical (unpaired) electrons. The van der Waals surface area contributed by atoms with Gasteiger partial charge in [0.1, 0.15) is 11.9 Å². The third-order valence-corrected chi connectivity index (χ3v) is 3.84. The third-order valence-electron chi connectivity index (χ3n) is 3.84. The van der Waals surface area contributed by atoms with Crippen molar-refractivity contribution in [1.29, 1.82) is 0 Å². The zero-order valence-corrected chi connectivity index (χ0v) is 12.0. The van der Waals surface area contributed by atoms with Gasteiger partial charge in [-0.1, -0.05) is 24.6 Å². The first-order valence-corrected chi connectivity index (χ1v) is 7.22. The molecular weight excluding hydrogens is 250 g/mol. The Bertz CT molecular complexity index is 606. The number of benzene rings is 1. The highest BCUT2D eigenvalue weighted by Crippen LogP contribution is 2.39. The standard InChI is InChI=1S/C16H21N3O/c1-3-6-19-10-18-9-14(19)16-8-13(17)12-7-11(2)4-5-15(12)20-16/h4-5,7,9-10,13,16H,3,6,8,17H2,1-2H3/t13-,16?/m0/s1. The van der Waals surface area contributed by atoms with E-state index in [0.717, 1.165) is 36.4 Å². The van der Waals surface area contributed by atoms with Crippen LogP contribution in [0.25, 0.3) is 0 Å². The first kappa shape index (κ1) is 13.2. The Morgan fingerprint density at radius 3 is 3.10 bits per heavy atom. The van der Waals surface area contributed by atoms with Crippen LogP contribution in [0.5, 0.6) is 5.75 Å². The van der Waals surface area contributed by atoms with Crippen LogP contribution in [-0.2, 0) is 6.54 Å². The highest BCUT2D eigenvalue weighted by atomic mass is 16.5. The summed E-state index contributed by atoms with van der Waals surface area (Å²) in [6.07, 6.45) is 5.64. The molecule has 2 aromatic rings. The van der Waals surface area contributed by atoms with Crippen LogP contribution in [0.1, 0.15) is 48.7 Å². The molecule has 1 unspecified atom stereocenters. The lowest BCUT2D eigenvalue weighted by molar-refractivity contribution is 0.153. The number of rotatable bonds is 3. The molecule has 0 saturated carbocycles. The molecule has 0 amide bonds. The number of hydrogen-bond donors (Lipinski definition) is 1. The number of hydrogen-bond acceptors (Lipinski definition) is 3. The van der Waals surface area contributed by atoms with E-state index in [1.54, 1.807) is 0 Å². The summed E-state index contributed by atoms with van der Waals surface area (Å²) in [5, 5.41) is 0. The third kappa shape index (κ3) is 2.31. The molecule has 4 heteroatoms. The average molecular weight is 271 g/mol. The molecule has 0 aliphatic carbocycles. The van der Waals surface area contributed by atoms with Gasteiger partial charge in [-0.05, 0) is 19.4 Å². The second kappa shape index (κ2) is 5.29. The van der Waals surface area contributed by atoms with E-state index in [1.807, 2.05) is 18.6 Å². The highest BCUT2D eigenvalue weighted by Gasteiger charge is 2.28. The van der Waals surface area contributed by atoms with Gasteiger partial charge in [-0.3, -0.25) is 0 Å². The maximum absolute atomic E-state index is 6.33. The predicted molar refractivity (Wildman–Crippen MR) is 78.6 cm³/mol. The van der Waals surface area contributed by atoms with Crippen LogP contribution in [0.15, 0.2) is 30.7 Å². The fourth-order valence-corrected chi connectivity index (χ4v) is 2.83. The van der Waals surface area contributed by atoms with E-state index in [4.69, 9.17) is 10.5 Å². The fraction of sp³-hybridized carbons (Fsp3) is 0.438. The lowest BCUT2D eigenvalue weighted by Crippen LogP contribution is -2.25. The molecule has 2 heterocycles. The predicted octanol–water partition coefficient (Wildman–Crippen LogP) is 3.13. The Morgan fingerprint density at radius 1 is 1.45 bits per heavy atom. The first-order valence-electron chi connectivity index (χ1n) is 7.22. The summed E-state index contributed by atoms with van der Waals surface area (Å²) in [7, 11) is 0. The van der Waals surface area contributed by atoms with Crippen LogP contribution in [0, 0.1) is 6.92 Å². The number of fused-ring (bicyclic) bond motifs is 1. The van der Waals surface area contributed by atoms with Crippen molar-refractivity contribution in [2.24, 2.45) is 5.73 Å². The molecule has 0 saturated heterocycles. The second-order valence-corrected chi connectivity index (χ2v) is 5.50. The van der Waals surface area contributed by atoms with E-state index in [9.17, 15) is 0 Å². The van der Waals surface area contributed by atoms with Crippen molar-refractivity contribution >= 4 is 0 Å². The molecular formula is C16H21N3O. The maximum atomic E-state index is 6.33. The quantitative estimate of drug-likeness (QED) is 0.933. The Morgan fingerprint density at radius 2 is 2.30 bits per heavy atom. The Balaban J connectivity index is 1.91. The van der Waals surface area contributed by atoms with Crippen LogP contribution in [-0.4, -0.2) is 9.55 Å². The SMILES string of the molecule is CCCn1cncc1C1C[C@H](N)c2cc(C)ccc2O1. The molecule has 2 atom stereocenters. The summed E-state index contributed by atoms with van der Waals surface area (Å²) in [5.41, 5.74) is 9.78. The molecule has 106 valence electrons. The van der Waals surface area contributed by atoms with Crippen LogP contribution in [0.2, 0.25) is 0 Å². The molecule has 1 aliphatic heterocycles. The van der Waals surface area contributed by atoms with Gasteiger partial charge in [0.2, 0.25) is 0 Å². The summed E-state index contributed by atoms with van der Waals surface area (Å²) >= 11 is 0. The molecule has 20 heavy (non-hydrogen) atoms. The van der Waals surface area contributed by atoms with Gasteiger partial charge in [-0.25, -0.2) is 4.98 Å². The number of imidazole rings is 1. The average Bonchev–Trinajstić information content (AvgIpc) is 2.88. The minimum atomic E-state index is -0.00532. The van der Waals surface area contributed by atoms with Crippen LogP contribution >= 0.6 is 0 Å². The normalized spacial score (nSPS) is 21.4. The molecule has 3 rings (SSSR count). The van der Waals surface area contributed by atoms with Gasteiger partial charge in [-0.2, -0.15) is 0 Å². The van der Waals surface area contributed by atoms with Gasteiger partial charge in [0.15, 0.2) is 0 Å². The van der Waals surface area contributed by atoms with E-state index in [2.05, 4.69) is 35.5 Å². The largest absolute Gasteiger partial charge is 0.484 e. The smallest absolute Gasteiger partial charge is 0.142 e. The summed E-state index contributed by atoms with van der Waals surface area (Å²) < 4.78 is 8.31. The Hall–Kier alpha value is -1.81. The van der Waals surface area contributed by atoms with Crippen LogP contribution in [0.4, 0.5) is 0 Å². The van der Waals surface area contributed by atoms with Crippen molar-refractivity contribution in [1.82, 2.24) is 9.55 Å². The van der Waals surface area contributed by atoms with Crippen molar-refractivity contribution in [3.63, 3.8) is 0 Å². The van der Waals surface area contributed by atoms with Gasteiger partial charge in [0.25, 0.3) is 0 Å². The van der Waals surface area contributed by atoms with Gasteiger partial charge >= 0.3 is 0 Å². The van der Waals surface area contributed by atoms with E-state index in [1.165, 1.54) is 5.56 Å². The number of aromatic nitrogens is 2. The minimum Gasteiger partial charge on any atom is -0.484 e. The van der Waals surface area contributed by atoms with E-state index in [-0.39, 0.29) is 12.1 Å².